The molecule has 0 bridgehead atoms. The van der Waals surface area contributed by atoms with Crippen LogP contribution in [-0.4, -0.2) is 34.9 Å². The van der Waals surface area contributed by atoms with E-state index in [4.69, 9.17) is 0 Å². The number of amides is 1. The highest BCUT2D eigenvalue weighted by Gasteiger charge is 2.17. The van der Waals surface area contributed by atoms with Crippen molar-refractivity contribution in [2.45, 2.75) is 231 Å². The SMILES string of the molecule is CC/C=C\C/C=C\C/C=C\C/C=C\C/C=C\CCCCCCCCCC(=O)NC(CO)C(O)/C=C/CCCCCCCCCCCCCCCCCCC. The third-order valence-corrected chi connectivity index (χ3v) is 10.2. The van der Waals surface area contributed by atoms with Gasteiger partial charge in [0.25, 0.3) is 0 Å². The molecule has 4 nitrogen and oxygen atoms in total. The Morgan fingerprint density at radius 2 is 0.815 bits per heavy atom. The summed E-state index contributed by atoms with van der Waals surface area (Å²) in [4.78, 5) is 12.4. The van der Waals surface area contributed by atoms with Gasteiger partial charge in [-0.15, -0.1) is 0 Å². The predicted molar refractivity (Wildman–Crippen MR) is 239 cm³/mol. The summed E-state index contributed by atoms with van der Waals surface area (Å²) < 4.78 is 0. The van der Waals surface area contributed by atoms with Gasteiger partial charge in [-0.05, 0) is 64.2 Å². The molecule has 1 amide bonds. The lowest BCUT2D eigenvalue weighted by Crippen LogP contribution is -2.45. The number of allylic oxidation sites excluding steroid dienone is 11. The average Bonchev–Trinajstić information content (AvgIpc) is 3.18. The molecule has 0 aromatic rings. The van der Waals surface area contributed by atoms with E-state index in [0.29, 0.717) is 6.42 Å². The summed E-state index contributed by atoms with van der Waals surface area (Å²) in [5.74, 6) is -0.0771. The molecule has 0 saturated heterocycles. The van der Waals surface area contributed by atoms with Gasteiger partial charge in [-0.2, -0.15) is 0 Å². The van der Waals surface area contributed by atoms with Gasteiger partial charge in [0, 0.05) is 6.42 Å². The highest BCUT2D eigenvalue weighted by Crippen LogP contribution is 2.15. The molecule has 4 heteroatoms. The van der Waals surface area contributed by atoms with Gasteiger partial charge < -0.3 is 15.5 Å². The summed E-state index contributed by atoms with van der Waals surface area (Å²) in [6, 6.07) is -0.632. The molecule has 54 heavy (non-hydrogen) atoms. The lowest BCUT2D eigenvalue weighted by Gasteiger charge is -2.20. The van der Waals surface area contributed by atoms with E-state index in [2.05, 4.69) is 79.9 Å². The number of carbonyl (C=O) groups excluding carboxylic acids is 1. The standard InChI is InChI=1S/C50H89NO3/c1-3-5-7-9-11-13-15-17-19-21-23-24-25-26-28-30-32-34-36-38-40-42-44-46-50(54)51-48(47-52)49(53)45-43-41-39-37-35-33-31-29-27-22-20-18-16-14-12-10-8-6-4-2/h5,7,11,13,17,19,23-24,26,28,43,45,48-49,52-53H,3-4,6,8-10,12,14-16,18,20-22,25,27,29-42,44,46-47H2,1-2H3,(H,51,54)/b7-5-,13-11-,19-17-,24-23-,28-26-,45-43+. The van der Waals surface area contributed by atoms with E-state index in [1.807, 2.05) is 6.08 Å². The van der Waals surface area contributed by atoms with Crippen LogP contribution in [0.25, 0.3) is 0 Å². The number of hydrogen-bond acceptors (Lipinski definition) is 3. The lowest BCUT2D eigenvalue weighted by atomic mass is 10.0. The largest absolute Gasteiger partial charge is 0.394 e. The zero-order valence-corrected chi connectivity index (χ0v) is 35.7. The minimum absolute atomic E-state index is 0.0771. The second kappa shape index (κ2) is 45.2. The van der Waals surface area contributed by atoms with Crippen molar-refractivity contribution in [3.8, 4) is 0 Å². The van der Waals surface area contributed by atoms with Crippen LogP contribution in [0.3, 0.4) is 0 Å². The molecule has 3 N–H and O–H groups in total. The fourth-order valence-corrected chi connectivity index (χ4v) is 6.68. The molecular weight excluding hydrogens is 663 g/mol. The molecule has 0 radical (unpaired) electrons. The van der Waals surface area contributed by atoms with Gasteiger partial charge in [0.1, 0.15) is 0 Å². The maximum absolute atomic E-state index is 12.4. The molecule has 0 aliphatic carbocycles. The van der Waals surface area contributed by atoms with Gasteiger partial charge in [-0.1, -0.05) is 222 Å². The van der Waals surface area contributed by atoms with Crippen molar-refractivity contribution in [2.75, 3.05) is 6.61 Å². The summed E-state index contributed by atoms with van der Waals surface area (Å²) in [5.41, 5.74) is 0. The smallest absolute Gasteiger partial charge is 0.220 e. The fraction of sp³-hybridized carbons (Fsp3) is 0.740. The van der Waals surface area contributed by atoms with Gasteiger partial charge in [-0.3, -0.25) is 4.79 Å². The van der Waals surface area contributed by atoms with E-state index >= 15 is 0 Å². The first-order valence-electron chi connectivity index (χ1n) is 23.2. The van der Waals surface area contributed by atoms with Crippen LogP contribution in [0.1, 0.15) is 219 Å². The number of nitrogens with one attached hydrogen (secondary N) is 1. The Bertz CT molecular complexity index is 946. The third-order valence-electron chi connectivity index (χ3n) is 10.2. The van der Waals surface area contributed by atoms with Crippen LogP contribution in [0.4, 0.5) is 0 Å². The Balaban J connectivity index is 3.62. The van der Waals surface area contributed by atoms with E-state index in [1.165, 1.54) is 128 Å². The third kappa shape index (κ3) is 41.0. The molecule has 0 heterocycles. The molecule has 0 aliphatic rings. The van der Waals surface area contributed by atoms with Crippen LogP contribution in [0.15, 0.2) is 72.9 Å². The molecule has 0 fully saturated rings. The fourth-order valence-electron chi connectivity index (χ4n) is 6.68. The molecule has 0 rings (SSSR count). The van der Waals surface area contributed by atoms with Gasteiger partial charge in [0.05, 0.1) is 18.8 Å². The van der Waals surface area contributed by atoms with Crippen LogP contribution < -0.4 is 5.32 Å². The van der Waals surface area contributed by atoms with Crippen molar-refractivity contribution in [1.29, 1.82) is 0 Å². The molecular formula is C50H89NO3. The second-order valence-corrected chi connectivity index (χ2v) is 15.4. The monoisotopic (exact) mass is 752 g/mol. The Morgan fingerprint density at radius 1 is 0.463 bits per heavy atom. The van der Waals surface area contributed by atoms with Gasteiger partial charge >= 0.3 is 0 Å². The summed E-state index contributed by atoms with van der Waals surface area (Å²) in [5, 5.41) is 23.1. The highest BCUT2D eigenvalue weighted by atomic mass is 16.3. The number of rotatable bonds is 41. The maximum atomic E-state index is 12.4. The summed E-state index contributed by atoms with van der Waals surface area (Å²) in [6.45, 7) is 4.19. The maximum Gasteiger partial charge on any atom is 0.220 e. The first kappa shape index (κ1) is 51.8. The van der Waals surface area contributed by atoms with Crippen molar-refractivity contribution >= 4 is 5.91 Å². The molecule has 0 aliphatic heterocycles. The van der Waals surface area contributed by atoms with Crippen molar-refractivity contribution in [1.82, 2.24) is 5.32 Å². The second-order valence-electron chi connectivity index (χ2n) is 15.4. The minimum atomic E-state index is -0.848. The van der Waals surface area contributed by atoms with Crippen LogP contribution in [0, 0.1) is 0 Å². The van der Waals surface area contributed by atoms with Crippen LogP contribution in [-0.2, 0) is 4.79 Å². The Kier molecular flexibility index (Phi) is 43.4. The molecule has 2 atom stereocenters. The van der Waals surface area contributed by atoms with Gasteiger partial charge in [0.2, 0.25) is 5.91 Å². The van der Waals surface area contributed by atoms with E-state index in [1.54, 1.807) is 6.08 Å². The lowest BCUT2D eigenvalue weighted by molar-refractivity contribution is -0.123. The van der Waals surface area contributed by atoms with Crippen molar-refractivity contribution in [3.05, 3.63) is 72.9 Å². The number of hydrogen-bond donors (Lipinski definition) is 3. The molecule has 0 saturated carbocycles. The Labute approximate surface area is 336 Å². The topological polar surface area (TPSA) is 69.6 Å². The van der Waals surface area contributed by atoms with Crippen LogP contribution in [0.5, 0.6) is 0 Å². The Morgan fingerprint density at radius 3 is 1.22 bits per heavy atom. The Hall–Kier alpha value is -2.17. The van der Waals surface area contributed by atoms with E-state index < -0.39 is 12.1 Å². The van der Waals surface area contributed by atoms with Gasteiger partial charge in [0.15, 0.2) is 0 Å². The molecule has 312 valence electrons. The van der Waals surface area contributed by atoms with Crippen molar-refractivity contribution in [3.63, 3.8) is 0 Å². The number of unbranched alkanes of at least 4 members (excludes halogenated alkanes) is 24. The number of carbonyl (C=O) groups is 1. The zero-order valence-electron chi connectivity index (χ0n) is 35.7. The first-order chi connectivity index (χ1) is 26.7. The molecule has 0 spiro atoms. The minimum Gasteiger partial charge on any atom is -0.394 e. The molecule has 0 aromatic carbocycles. The quantitative estimate of drug-likeness (QED) is 0.0430. The zero-order chi connectivity index (χ0) is 39.3. The normalized spacial score (nSPS) is 13.6. The summed E-state index contributed by atoms with van der Waals surface area (Å²) >= 11 is 0. The number of aliphatic hydroxyl groups is 2. The van der Waals surface area contributed by atoms with Crippen molar-refractivity contribution < 1.29 is 15.0 Å². The van der Waals surface area contributed by atoms with E-state index in [0.717, 1.165) is 70.6 Å². The van der Waals surface area contributed by atoms with E-state index in [-0.39, 0.29) is 12.5 Å². The van der Waals surface area contributed by atoms with E-state index in [9.17, 15) is 15.0 Å². The van der Waals surface area contributed by atoms with Crippen LogP contribution in [0.2, 0.25) is 0 Å². The highest BCUT2D eigenvalue weighted by molar-refractivity contribution is 5.76. The predicted octanol–water partition coefficient (Wildman–Crippen LogP) is 14.7. The molecule has 0 aromatic heterocycles. The summed E-state index contributed by atoms with van der Waals surface area (Å²) in [6.07, 6.45) is 64.4. The number of aliphatic hydroxyl groups excluding tert-OH is 2. The summed E-state index contributed by atoms with van der Waals surface area (Å²) in [7, 11) is 0. The van der Waals surface area contributed by atoms with Gasteiger partial charge in [-0.25, -0.2) is 0 Å². The van der Waals surface area contributed by atoms with Crippen molar-refractivity contribution in [2.24, 2.45) is 0 Å². The van der Waals surface area contributed by atoms with Crippen LogP contribution >= 0.6 is 0 Å². The molecule has 2 unspecified atom stereocenters. The first-order valence-corrected chi connectivity index (χ1v) is 23.2. The average molecular weight is 752 g/mol.